The molecule has 2 aromatic carbocycles. The third kappa shape index (κ3) is 2.99. The molecule has 116 valence electrons. The van der Waals surface area contributed by atoms with Crippen LogP contribution in [-0.2, 0) is 16.3 Å². The van der Waals surface area contributed by atoms with Gasteiger partial charge in [0.05, 0.1) is 4.90 Å². The van der Waals surface area contributed by atoms with E-state index in [1.54, 1.807) is 24.3 Å². The van der Waals surface area contributed by atoms with Gasteiger partial charge in [-0.2, -0.15) is 5.26 Å². The van der Waals surface area contributed by atoms with E-state index in [0.29, 0.717) is 5.56 Å². The molecule has 0 radical (unpaired) electrons. The first-order valence-electron chi connectivity index (χ1n) is 7.22. The van der Waals surface area contributed by atoms with Gasteiger partial charge in [-0.15, -0.1) is 0 Å². The van der Waals surface area contributed by atoms with Crippen molar-refractivity contribution < 1.29 is 13.2 Å². The summed E-state index contributed by atoms with van der Waals surface area (Å²) in [5.41, 5.74) is 1.71. The molecule has 1 unspecified atom stereocenters. The van der Waals surface area contributed by atoms with Crippen molar-refractivity contribution in [3.8, 4) is 11.8 Å². The maximum atomic E-state index is 12.5. The van der Waals surface area contributed by atoms with E-state index >= 15 is 0 Å². The number of sulfone groups is 1. The van der Waals surface area contributed by atoms with Crippen LogP contribution in [0.4, 0.5) is 0 Å². The quantitative estimate of drug-likeness (QED) is 0.812. The normalized spacial score (nSPS) is 17.2. The number of hydrogen-bond donors (Lipinski definition) is 0. The highest BCUT2D eigenvalue weighted by molar-refractivity contribution is 7.95. The smallest absolute Gasteiger partial charge is 0.216 e. The molecule has 1 heterocycles. The largest absolute Gasteiger partial charge is 0.490 e. The summed E-state index contributed by atoms with van der Waals surface area (Å²) in [7, 11) is -3.81. The lowest BCUT2D eigenvalue weighted by molar-refractivity contribution is 0.254. The van der Waals surface area contributed by atoms with E-state index in [-0.39, 0.29) is 15.9 Å². The van der Waals surface area contributed by atoms with E-state index in [9.17, 15) is 13.7 Å². The van der Waals surface area contributed by atoms with Gasteiger partial charge in [-0.25, -0.2) is 8.42 Å². The molecule has 0 aromatic heterocycles. The lowest BCUT2D eigenvalue weighted by atomic mass is 10.1. The molecule has 0 bridgehead atoms. The van der Waals surface area contributed by atoms with Gasteiger partial charge in [0.25, 0.3) is 0 Å². The van der Waals surface area contributed by atoms with Gasteiger partial charge in [0, 0.05) is 6.42 Å². The first kappa shape index (κ1) is 15.3. The molecule has 0 spiro atoms. The Morgan fingerprint density at radius 1 is 1.26 bits per heavy atom. The fraction of sp³-hybridized carbons (Fsp3) is 0.167. The Morgan fingerprint density at radius 3 is 2.70 bits per heavy atom. The average molecular weight is 325 g/mol. The van der Waals surface area contributed by atoms with E-state index in [0.717, 1.165) is 17.7 Å². The standard InChI is InChI=1S/C18H15NO3S/c1-13-9-15-10-14(7-8-18(15)22-13)11-17(12-19)23(20,21)16-5-3-2-4-6-16/h2-8,10-11,13H,9H2,1H3/b17-11+. The van der Waals surface area contributed by atoms with Gasteiger partial charge in [-0.05, 0) is 48.4 Å². The Morgan fingerprint density at radius 2 is 2.00 bits per heavy atom. The second-order valence-corrected chi connectivity index (χ2v) is 7.35. The summed E-state index contributed by atoms with van der Waals surface area (Å²) >= 11 is 0. The van der Waals surface area contributed by atoms with Crippen molar-refractivity contribution in [2.45, 2.75) is 24.3 Å². The number of allylic oxidation sites excluding steroid dienone is 1. The van der Waals surface area contributed by atoms with E-state index < -0.39 is 9.84 Å². The maximum Gasteiger partial charge on any atom is 0.216 e. The fourth-order valence-corrected chi connectivity index (χ4v) is 3.76. The van der Waals surface area contributed by atoms with Crippen LogP contribution in [0.1, 0.15) is 18.1 Å². The van der Waals surface area contributed by atoms with Crippen LogP contribution in [-0.4, -0.2) is 14.5 Å². The topological polar surface area (TPSA) is 67.2 Å². The molecule has 0 saturated heterocycles. The van der Waals surface area contributed by atoms with Crippen molar-refractivity contribution >= 4 is 15.9 Å². The molecule has 1 aliphatic heterocycles. The molecular weight excluding hydrogens is 310 g/mol. The summed E-state index contributed by atoms with van der Waals surface area (Å²) in [5, 5.41) is 9.30. The lowest BCUT2D eigenvalue weighted by Gasteiger charge is -2.04. The molecule has 3 rings (SSSR count). The second kappa shape index (κ2) is 5.90. The van der Waals surface area contributed by atoms with Gasteiger partial charge in [-0.3, -0.25) is 0 Å². The summed E-state index contributed by atoms with van der Waals surface area (Å²) in [4.78, 5) is -0.151. The number of rotatable bonds is 3. The Labute approximate surface area is 135 Å². The molecule has 1 aliphatic rings. The average Bonchev–Trinajstić information content (AvgIpc) is 2.92. The van der Waals surface area contributed by atoms with E-state index in [1.807, 2.05) is 25.1 Å². The van der Waals surface area contributed by atoms with Gasteiger partial charge < -0.3 is 4.74 Å². The third-order valence-electron chi connectivity index (χ3n) is 3.67. The van der Waals surface area contributed by atoms with E-state index in [4.69, 9.17) is 4.74 Å². The van der Waals surface area contributed by atoms with Crippen molar-refractivity contribution in [1.29, 1.82) is 5.26 Å². The lowest BCUT2D eigenvalue weighted by Crippen LogP contribution is -2.05. The summed E-state index contributed by atoms with van der Waals surface area (Å²) in [6.07, 6.45) is 2.31. The van der Waals surface area contributed by atoms with Crippen molar-refractivity contribution in [1.82, 2.24) is 0 Å². The Bertz CT molecular complexity index is 909. The molecule has 4 nitrogen and oxygen atoms in total. The minimum absolute atomic E-state index is 0.117. The molecule has 1 atom stereocenters. The summed E-state index contributed by atoms with van der Waals surface area (Å²) in [6.45, 7) is 1.98. The summed E-state index contributed by atoms with van der Waals surface area (Å²) < 4.78 is 30.7. The number of hydrogen-bond acceptors (Lipinski definition) is 4. The van der Waals surface area contributed by atoms with Crippen LogP contribution in [0.5, 0.6) is 5.75 Å². The molecule has 0 amide bonds. The highest BCUT2D eigenvalue weighted by Crippen LogP contribution is 2.30. The first-order valence-corrected chi connectivity index (χ1v) is 8.70. The van der Waals surface area contributed by atoms with Crippen molar-refractivity contribution in [3.05, 3.63) is 64.6 Å². The zero-order chi connectivity index (χ0) is 16.4. The van der Waals surface area contributed by atoms with Crippen LogP contribution in [0.15, 0.2) is 58.3 Å². The summed E-state index contributed by atoms with van der Waals surface area (Å²) in [5.74, 6) is 0.819. The third-order valence-corrected chi connectivity index (χ3v) is 5.35. The predicted molar refractivity (Wildman–Crippen MR) is 87.5 cm³/mol. The van der Waals surface area contributed by atoms with Gasteiger partial charge in [-0.1, -0.05) is 24.3 Å². The fourth-order valence-electron chi connectivity index (χ4n) is 2.58. The number of benzene rings is 2. The molecule has 5 heteroatoms. The molecule has 0 N–H and O–H groups in total. The highest BCUT2D eigenvalue weighted by atomic mass is 32.2. The monoisotopic (exact) mass is 325 g/mol. The SMILES string of the molecule is CC1Cc2cc(/C=C(\C#N)S(=O)(=O)c3ccccc3)ccc2O1. The molecule has 0 aliphatic carbocycles. The Hall–Kier alpha value is -2.58. The molecule has 0 fully saturated rings. The highest BCUT2D eigenvalue weighted by Gasteiger charge is 2.22. The zero-order valence-corrected chi connectivity index (χ0v) is 13.4. The predicted octanol–water partition coefficient (Wildman–Crippen LogP) is 3.35. The van der Waals surface area contributed by atoms with Crippen LogP contribution in [0, 0.1) is 11.3 Å². The molecule has 2 aromatic rings. The van der Waals surface area contributed by atoms with Gasteiger partial charge in [0.15, 0.2) is 0 Å². The zero-order valence-electron chi connectivity index (χ0n) is 12.6. The maximum absolute atomic E-state index is 12.5. The minimum atomic E-state index is -3.81. The number of ether oxygens (including phenoxy) is 1. The van der Waals surface area contributed by atoms with Crippen LogP contribution in [0.3, 0.4) is 0 Å². The van der Waals surface area contributed by atoms with Gasteiger partial charge in [0.2, 0.25) is 9.84 Å². The van der Waals surface area contributed by atoms with E-state index in [1.165, 1.54) is 18.2 Å². The van der Waals surface area contributed by atoms with E-state index in [2.05, 4.69) is 0 Å². The Balaban J connectivity index is 2.01. The van der Waals surface area contributed by atoms with Crippen molar-refractivity contribution in [2.24, 2.45) is 0 Å². The van der Waals surface area contributed by atoms with Crippen LogP contribution in [0.25, 0.3) is 6.08 Å². The Kier molecular flexibility index (Phi) is 3.93. The minimum Gasteiger partial charge on any atom is -0.490 e. The molecule has 23 heavy (non-hydrogen) atoms. The number of nitrogens with zero attached hydrogens (tertiary/aromatic N) is 1. The number of nitriles is 1. The van der Waals surface area contributed by atoms with Crippen LogP contribution >= 0.6 is 0 Å². The van der Waals surface area contributed by atoms with Crippen molar-refractivity contribution in [2.75, 3.05) is 0 Å². The number of fused-ring (bicyclic) bond motifs is 1. The first-order chi connectivity index (χ1) is 11.0. The van der Waals surface area contributed by atoms with Gasteiger partial charge >= 0.3 is 0 Å². The van der Waals surface area contributed by atoms with Crippen molar-refractivity contribution in [3.63, 3.8) is 0 Å². The van der Waals surface area contributed by atoms with Crippen LogP contribution < -0.4 is 4.74 Å². The molecular formula is C18H15NO3S. The van der Waals surface area contributed by atoms with Crippen LogP contribution in [0.2, 0.25) is 0 Å². The van der Waals surface area contributed by atoms with Gasteiger partial charge in [0.1, 0.15) is 22.8 Å². The molecule has 0 saturated carbocycles. The summed E-state index contributed by atoms with van der Waals surface area (Å²) in [6, 6.07) is 15.2. The second-order valence-electron chi connectivity index (χ2n) is 5.44.